The van der Waals surface area contributed by atoms with Crippen LogP contribution in [-0.4, -0.2) is 18.1 Å². The van der Waals surface area contributed by atoms with Crippen LogP contribution in [0.1, 0.15) is 13.8 Å². The number of anilines is 1. The average molecular weight is 445 g/mol. The normalized spacial score (nSPS) is 11.3. The molecule has 0 aliphatic heterocycles. The highest BCUT2D eigenvalue weighted by atomic mass is 32.1. The third-order valence-electron chi connectivity index (χ3n) is 5.50. The standard InChI is InChI=1S/C25H20N2O4S/c1-3-27(4-2)17-10-9-16-11-18(24(28)31-22(16)13-17)20-14-32-23(26-20)19-12-15-7-5-6-8-21(15)30-25(19)29/h5-14H,3-4H2,1-2H3. The fourth-order valence-corrected chi connectivity index (χ4v) is 4.62. The summed E-state index contributed by atoms with van der Waals surface area (Å²) in [6.45, 7) is 5.91. The van der Waals surface area contributed by atoms with E-state index in [0.717, 1.165) is 29.5 Å². The SMILES string of the molecule is CCN(CC)c1ccc2cc(-c3csc(-c4cc5ccccc5oc4=O)n3)c(=O)oc2c1. The molecule has 0 spiro atoms. The van der Waals surface area contributed by atoms with Crippen molar-refractivity contribution in [3.8, 4) is 21.8 Å². The first-order valence-corrected chi connectivity index (χ1v) is 11.3. The van der Waals surface area contributed by atoms with Gasteiger partial charge in [0.15, 0.2) is 0 Å². The van der Waals surface area contributed by atoms with Gasteiger partial charge in [0.25, 0.3) is 0 Å². The Balaban J connectivity index is 1.56. The Morgan fingerprint density at radius 3 is 2.34 bits per heavy atom. The number of fused-ring (bicyclic) bond motifs is 2. The van der Waals surface area contributed by atoms with E-state index >= 15 is 0 Å². The summed E-state index contributed by atoms with van der Waals surface area (Å²) in [5.41, 5.74) is 2.36. The van der Waals surface area contributed by atoms with Crippen LogP contribution in [0.25, 0.3) is 43.8 Å². The van der Waals surface area contributed by atoms with Crippen molar-refractivity contribution in [1.82, 2.24) is 4.98 Å². The molecule has 3 heterocycles. The molecule has 7 heteroatoms. The van der Waals surface area contributed by atoms with E-state index in [1.807, 2.05) is 36.4 Å². The summed E-state index contributed by atoms with van der Waals surface area (Å²) in [5.74, 6) is 0. The predicted octanol–water partition coefficient (Wildman–Crippen LogP) is 5.54. The van der Waals surface area contributed by atoms with E-state index in [1.54, 1.807) is 23.6 Å². The van der Waals surface area contributed by atoms with Crippen molar-refractivity contribution in [2.24, 2.45) is 0 Å². The first-order valence-electron chi connectivity index (χ1n) is 10.4. The Morgan fingerprint density at radius 1 is 0.844 bits per heavy atom. The molecule has 0 amide bonds. The largest absolute Gasteiger partial charge is 0.422 e. The predicted molar refractivity (Wildman–Crippen MR) is 129 cm³/mol. The Morgan fingerprint density at radius 2 is 1.53 bits per heavy atom. The van der Waals surface area contributed by atoms with Crippen LogP contribution in [0.2, 0.25) is 0 Å². The van der Waals surface area contributed by atoms with Crippen LogP contribution in [0.5, 0.6) is 0 Å². The highest BCUT2D eigenvalue weighted by Gasteiger charge is 2.16. The van der Waals surface area contributed by atoms with Gasteiger partial charge in [-0.25, -0.2) is 14.6 Å². The highest BCUT2D eigenvalue weighted by Crippen LogP contribution is 2.30. The third-order valence-corrected chi connectivity index (χ3v) is 6.38. The minimum atomic E-state index is -0.461. The van der Waals surface area contributed by atoms with Crippen molar-refractivity contribution in [3.63, 3.8) is 0 Å². The van der Waals surface area contributed by atoms with Gasteiger partial charge in [-0.05, 0) is 44.2 Å². The molecular weight excluding hydrogens is 424 g/mol. The van der Waals surface area contributed by atoms with E-state index in [9.17, 15) is 9.59 Å². The number of nitrogens with zero attached hydrogens (tertiary/aromatic N) is 2. The van der Waals surface area contributed by atoms with Gasteiger partial charge < -0.3 is 13.7 Å². The van der Waals surface area contributed by atoms with Crippen molar-refractivity contribution in [1.29, 1.82) is 0 Å². The van der Waals surface area contributed by atoms with Gasteiger partial charge in [-0.1, -0.05) is 18.2 Å². The average Bonchev–Trinajstić information content (AvgIpc) is 3.28. The monoisotopic (exact) mass is 444 g/mol. The molecule has 0 atom stereocenters. The Labute approximate surface area is 187 Å². The lowest BCUT2D eigenvalue weighted by Gasteiger charge is -2.20. The Bertz CT molecular complexity index is 1560. The van der Waals surface area contributed by atoms with Gasteiger partial charge in [-0.3, -0.25) is 0 Å². The topological polar surface area (TPSA) is 76.6 Å². The van der Waals surface area contributed by atoms with Crippen molar-refractivity contribution in [2.45, 2.75) is 13.8 Å². The first kappa shape index (κ1) is 20.2. The quantitative estimate of drug-likeness (QED) is 0.332. The number of hydrogen-bond acceptors (Lipinski definition) is 7. The zero-order valence-electron chi connectivity index (χ0n) is 17.6. The summed E-state index contributed by atoms with van der Waals surface area (Å²) >= 11 is 1.29. The molecule has 0 fully saturated rings. The lowest BCUT2D eigenvalue weighted by Crippen LogP contribution is -2.21. The molecule has 5 rings (SSSR count). The molecule has 0 bridgehead atoms. The zero-order valence-corrected chi connectivity index (χ0v) is 18.4. The van der Waals surface area contributed by atoms with E-state index < -0.39 is 11.3 Å². The second-order valence-corrected chi connectivity index (χ2v) is 8.22. The van der Waals surface area contributed by atoms with Crippen molar-refractivity contribution in [3.05, 3.63) is 80.8 Å². The molecular formula is C25H20N2O4S. The second-order valence-electron chi connectivity index (χ2n) is 7.37. The van der Waals surface area contributed by atoms with Crippen molar-refractivity contribution >= 4 is 39.0 Å². The summed E-state index contributed by atoms with van der Waals surface area (Å²) in [6.07, 6.45) is 0. The number of thiazole rings is 1. The molecule has 0 unspecified atom stereocenters. The smallest absolute Gasteiger partial charge is 0.346 e. The number of para-hydroxylation sites is 1. The lowest BCUT2D eigenvalue weighted by atomic mass is 10.1. The van der Waals surface area contributed by atoms with Gasteiger partial charge in [-0.15, -0.1) is 11.3 Å². The maximum atomic E-state index is 12.7. The molecule has 0 aliphatic rings. The second kappa shape index (κ2) is 8.09. The molecule has 3 aromatic heterocycles. The van der Waals surface area contributed by atoms with Gasteiger partial charge in [0.2, 0.25) is 0 Å². The van der Waals surface area contributed by atoms with Gasteiger partial charge in [-0.2, -0.15) is 0 Å². The van der Waals surface area contributed by atoms with Crippen LogP contribution in [0.4, 0.5) is 5.69 Å². The summed E-state index contributed by atoms with van der Waals surface area (Å²) in [4.78, 5) is 32.0. The van der Waals surface area contributed by atoms with Gasteiger partial charge >= 0.3 is 11.3 Å². The number of benzene rings is 2. The minimum Gasteiger partial charge on any atom is -0.422 e. The van der Waals surface area contributed by atoms with E-state index in [2.05, 4.69) is 23.7 Å². The van der Waals surface area contributed by atoms with Crippen molar-refractivity contribution in [2.75, 3.05) is 18.0 Å². The van der Waals surface area contributed by atoms with E-state index in [4.69, 9.17) is 8.83 Å². The van der Waals surface area contributed by atoms with E-state index in [0.29, 0.717) is 33.0 Å². The molecule has 0 saturated heterocycles. The molecule has 0 saturated carbocycles. The van der Waals surface area contributed by atoms with Crippen molar-refractivity contribution < 1.29 is 8.83 Å². The minimum absolute atomic E-state index is 0.362. The fraction of sp³-hybridized carbons (Fsp3) is 0.160. The molecule has 32 heavy (non-hydrogen) atoms. The molecule has 6 nitrogen and oxygen atoms in total. The lowest BCUT2D eigenvalue weighted by molar-refractivity contribution is 0.563. The molecule has 5 aromatic rings. The summed E-state index contributed by atoms with van der Waals surface area (Å²) < 4.78 is 11.0. The highest BCUT2D eigenvalue weighted by molar-refractivity contribution is 7.13. The summed E-state index contributed by atoms with van der Waals surface area (Å²) in [6, 6.07) is 16.7. The van der Waals surface area contributed by atoms with Crippen LogP contribution in [0.3, 0.4) is 0 Å². The van der Waals surface area contributed by atoms with Gasteiger partial charge in [0.1, 0.15) is 16.2 Å². The molecule has 2 aromatic carbocycles. The van der Waals surface area contributed by atoms with E-state index in [-0.39, 0.29) is 0 Å². The molecule has 160 valence electrons. The summed E-state index contributed by atoms with van der Waals surface area (Å²) in [7, 11) is 0. The fourth-order valence-electron chi connectivity index (χ4n) is 3.80. The molecule has 0 N–H and O–H groups in total. The maximum absolute atomic E-state index is 12.7. The molecule has 0 aliphatic carbocycles. The van der Waals surface area contributed by atoms with Crippen LogP contribution < -0.4 is 16.2 Å². The van der Waals surface area contributed by atoms with Crippen LogP contribution in [0, 0.1) is 0 Å². The zero-order chi connectivity index (χ0) is 22.2. The van der Waals surface area contributed by atoms with Gasteiger partial charge in [0.05, 0.1) is 16.8 Å². The van der Waals surface area contributed by atoms with Crippen LogP contribution >= 0.6 is 11.3 Å². The summed E-state index contributed by atoms with van der Waals surface area (Å²) in [5, 5.41) is 3.88. The van der Waals surface area contributed by atoms with Gasteiger partial charge in [0, 0.05) is 41.0 Å². The Kier molecular flexibility index (Phi) is 5.11. The maximum Gasteiger partial charge on any atom is 0.346 e. The van der Waals surface area contributed by atoms with Crippen LogP contribution in [-0.2, 0) is 0 Å². The van der Waals surface area contributed by atoms with Crippen LogP contribution in [0.15, 0.2) is 78.4 Å². The molecule has 0 radical (unpaired) electrons. The Hall–Kier alpha value is -3.71. The number of rotatable bonds is 5. The number of aromatic nitrogens is 1. The van der Waals surface area contributed by atoms with E-state index in [1.165, 1.54) is 11.3 Å². The number of hydrogen-bond donors (Lipinski definition) is 0. The first-order chi connectivity index (χ1) is 15.6. The third kappa shape index (κ3) is 3.50.